The number of benzene rings is 1. The Morgan fingerprint density at radius 2 is 2.15 bits per heavy atom. The van der Waals surface area contributed by atoms with Crippen molar-refractivity contribution >= 4 is 15.9 Å². The van der Waals surface area contributed by atoms with E-state index in [4.69, 9.17) is 0 Å². The molecule has 1 heterocycles. The molecule has 0 saturated heterocycles. The van der Waals surface area contributed by atoms with Gasteiger partial charge in [-0.2, -0.15) is 0 Å². The van der Waals surface area contributed by atoms with E-state index in [-0.39, 0.29) is 0 Å². The molecule has 0 aliphatic heterocycles. The van der Waals surface area contributed by atoms with E-state index in [1.165, 1.54) is 34.9 Å². The first-order chi connectivity index (χ1) is 9.74. The third-order valence-electron chi connectivity index (χ3n) is 4.10. The first-order valence-corrected chi connectivity index (χ1v) is 7.84. The summed E-state index contributed by atoms with van der Waals surface area (Å²) in [7, 11) is 2.21. The molecule has 0 amide bonds. The zero-order chi connectivity index (χ0) is 13.9. The van der Waals surface area contributed by atoms with Gasteiger partial charge in [0.1, 0.15) is 12.7 Å². The molecule has 0 radical (unpaired) electrons. The molecule has 1 aromatic heterocycles. The Kier molecular flexibility index (Phi) is 4.17. The lowest BCUT2D eigenvalue weighted by atomic mass is 9.87. The minimum absolute atomic E-state index is 0.521. The summed E-state index contributed by atoms with van der Waals surface area (Å²) in [6.07, 6.45) is 7.27. The molecule has 106 valence electrons. The molecular formula is C15H19BrN4. The fourth-order valence-corrected chi connectivity index (χ4v) is 3.35. The average Bonchev–Trinajstić information content (AvgIpc) is 2.97. The number of aromatic nitrogens is 3. The minimum atomic E-state index is 0.521. The van der Waals surface area contributed by atoms with Gasteiger partial charge in [-0.15, -0.1) is 10.2 Å². The summed E-state index contributed by atoms with van der Waals surface area (Å²) in [5.74, 6) is 0. The molecule has 2 aromatic rings. The second-order valence-corrected chi connectivity index (χ2v) is 6.35. The third kappa shape index (κ3) is 2.94. The summed E-state index contributed by atoms with van der Waals surface area (Å²) in [6.45, 7) is 1.94. The Balaban J connectivity index is 1.72. The van der Waals surface area contributed by atoms with Gasteiger partial charge in [0, 0.05) is 23.6 Å². The molecule has 0 spiro atoms. The van der Waals surface area contributed by atoms with Crippen LogP contribution in [0.4, 0.5) is 0 Å². The highest BCUT2D eigenvalue weighted by atomic mass is 79.9. The predicted octanol–water partition coefficient (Wildman–Crippen LogP) is 3.05. The number of aryl methyl sites for hydroxylation is 1. The first kappa shape index (κ1) is 13.8. The van der Waals surface area contributed by atoms with Gasteiger partial charge in [0.2, 0.25) is 0 Å². The van der Waals surface area contributed by atoms with E-state index < -0.39 is 0 Å². The molecule has 1 aromatic carbocycles. The summed E-state index contributed by atoms with van der Waals surface area (Å²) >= 11 is 3.60. The van der Waals surface area contributed by atoms with E-state index in [9.17, 15) is 0 Å². The molecule has 20 heavy (non-hydrogen) atoms. The smallest absolute Gasteiger partial charge is 0.119 e. The zero-order valence-electron chi connectivity index (χ0n) is 11.7. The third-order valence-corrected chi connectivity index (χ3v) is 4.59. The van der Waals surface area contributed by atoms with Gasteiger partial charge in [0.15, 0.2) is 0 Å². The summed E-state index contributed by atoms with van der Waals surface area (Å²) in [4.78, 5) is 2.45. The maximum Gasteiger partial charge on any atom is 0.119 e. The number of fused-ring (bicyclic) bond motifs is 1. The van der Waals surface area contributed by atoms with Crippen LogP contribution in [0, 0.1) is 0 Å². The topological polar surface area (TPSA) is 34.0 Å². The second-order valence-electron chi connectivity index (χ2n) is 5.43. The van der Waals surface area contributed by atoms with Crippen molar-refractivity contribution in [1.29, 1.82) is 0 Å². The van der Waals surface area contributed by atoms with Crippen LogP contribution in [0.2, 0.25) is 0 Å². The molecule has 1 atom stereocenters. The monoisotopic (exact) mass is 334 g/mol. The molecule has 5 heteroatoms. The van der Waals surface area contributed by atoms with Crippen molar-refractivity contribution in [1.82, 2.24) is 19.7 Å². The maximum absolute atomic E-state index is 3.85. The number of halogens is 1. The number of rotatable bonds is 4. The van der Waals surface area contributed by atoms with Gasteiger partial charge in [-0.3, -0.25) is 4.90 Å². The molecule has 0 N–H and O–H groups in total. The van der Waals surface area contributed by atoms with Crippen LogP contribution < -0.4 is 0 Å². The van der Waals surface area contributed by atoms with Gasteiger partial charge in [0.05, 0.1) is 0 Å². The highest BCUT2D eigenvalue weighted by molar-refractivity contribution is 9.10. The summed E-state index contributed by atoms with van der Waals surface area (Å²) in [6, 6.07) is 7.22. The Bertz CT molecular complexity index is 567. The fourth-order valence-electron chi connectivity index (χ4n) is 2.97. The number of nitrogens with zero attached hydrogens (tertiary/aromatic N) is 4. The average molecular weight is 335 g/mol. The number of hydrogen-bond acceptors (Lipinski definition) is 3. The summed E-state index contributed by atoms with van der Waals surface area (Å²) < 4.78 is 3.21. The van der Waals surface area contributed by atoms with Crippen LogP contribution >= 0.6 is 15.9 Å². The number of likely N-dealkylation sites (N-methyl/N-ethyl adjacent to an activating group) is 1. The van der Waals surface area contributed by atoms with Crippen molar-refractivity contribution in [3.05, 3.63) is 46.5 Å². The van der Waals surface area contributed by atoms with E-state index in [1.54, 1.807) is 12.7 Å². The maximum atomic E-state index is 3.85. The minimum Gasteiger partial charge on any atom is -0.319 e. The molecule has 0 saturated carbocycles. The largest absolute Gasteiger partial charge is 0.319 e. The summed E-state index contributed by atoms with van der Waals surface area (Å²) in [5, 5.41) is 7.70. The van der Waals surface area contributed by atoms with E-state index >= 15 is 0 Å². The summed E-state index contributed by atoms with van der Waals surface area (Å²) in [5.41, 5.74) is 2.98. The van der Waals surface area contributed by atoms with Gasteiger partial charge < -0.3 is 4.57 Å². The first-order valence-electron chi connectivity index (χ1n) is 7.05. The van der Waals surface area contributed by atoms with Crippen LogP contribution in [-0.2, 0) is 13.0 Å². The second kappa shape index (κ2) is 6.06. The van der Waals surface area contributed by atoms with Gasteiger partial charge >= 0.3 is 0 Å². The van der Waals surface area contributed by atoms with E-state index in [1.807, 2.05) is 4.57 Å². The van der Waals surface area contributed by atoms with Crippen molar-refractivity contribution in [3.8, 4) is 0 Å². The molecule has 0 bridgehead atoms. The lowest BCUT2D eigenvalue weighted by Gasteiger charge is -2.33. The van der Waals surface area contributed by atoms with Crippen LogP contribution in [0.5, 0.6) is 0 Å². The van der Waals surface area contributed by atoms with Gasteiger partial charge in [-0.1, -0.05) is 22.0 Å². The van der Waals surface area contributed by atoms with Crippen molar-refractivity contribution in [2.24, 2.45) is 0 Å². The normalized spacial score (nSPS) is 18.2. The molecule has 1 aliphatic rings. The van der Waals surface area contributed by atoms with E-state index in [0.717, 1.165) is 13.1 Å². The van der Waals surface area contributed by atoms with Crippen molar-refractivity contribution in [2.45, 2.75) is 31.8 Å². The lowest BCUT2D eigenvalue weighted by Crippen LogP contribution is -2.30. The molecule has 1 aliphatic carbocycles. The van der Waals surface area contributed by atoms with Crippen LogP contribution in [0.15, 0.2) is 35.3 Å². The highest BCUT2D eigenvalue weighted by Gasteiger charge is 2.23. The Morgan fingerprint density at radius 1 is 1.35 bits per heavy atom. The van der Waals surface area contributed by atoms with Crippen LogP contribution in [0.1, 0.15) is 30.0 Å². The fraction of sp³-hybridized carbons (Fsp3) is 0.467. The molecule has 3 rings (SSSR count). The van der Waals surface area contributed by atoms with Crippen LogP contribution in [0.25, 0.3) is 0 Å². The Labute approximate surface area is 127 Å². The zero-order valence-corrected chi connectivity index (χ0v) is 13.3. The van der Waals surface area contributed by atoms with E-state index in [0.29, 0.717) is 6.04 Å². The molecule has 4 nitrogen and oxygen atoms in total. The van der Waals surface area contributed by atoms with Crippen molar-refractivity contribution in [2.75, 3.05) is 13.6 Å². The highest BCUT2D eigenvalue weighted by Crippen LogP contribution is 2.35. The van der Waals surface area contributed by atoms with Gasteiger partial charge in [0.25, 0.3) is 0 Å². The van der Waals surface area contributed by atoms with Gasteiger partial charge in [-0.05, 0) is 49.6 Å². The Morgan fingerprint density at radius 3 is 2.95 bits per heavy atom. The number of hydrogen-bond donors (Lipinski definition) is 0. The molecular weight excluding hydrogens is 316 g/mol. The lowest BCUT2D eigenvalue weighted by molar-refractivity contribution is 0.213. The molecule has 0 fully saturated rings. The van der Waals surface area contributed by atoms with E-state index in [2.05, 4.69) is 56.3 Å². The SMILES string of the molecule is CN(CCn1cnnc1)[C@H]1CCCc2ccc(Br)cc21. The van der Waals surface area contributed by atoms with Crippen LogP contribution in [0.3, 0.4) is 0 Å². The Hall–Kier alpha value is -1.20. The van der Waals surface area contributed by atoms with Crippen LogP contribution in [-0.4, -0.2) is 33.3 Å². The predicted molar refractivity (Wildman–Crippen MR) is 82.5 cm³/mol. The van der Waals surface area contributed by atoms with Crippen molar-refractivity contribution in [3.63, 3.8) is 0 Å². The molecule has 0 unspecified atom stereocenters. The van der Waals surface area contributed by atoms with Crippen molar-refractivity contribution < 1.29 is 0 Å². The standard InChI is InChI=1S/C15H19BrN4/c1-19(7-8-20-10-17-18-11-20)15-4-2-3-12-5-6-13(16)9-14(12)15/h5-6,9-11,15H,2-4,7-8H2,1H3/t15-/m0/s1. The quantitative estimate of drug-likeness (QED) is 0.861. The van der Waals surface area contributed by atoms with Gasteiger partial charge in [-0.25, -0.2) is 0 Å².